The molecule has 1 atom stereocenters. The van der Waals surface area contributed by atoms with Crippen molar-refractivity contribution in [2.45, 2.75) is 15.0 Å². The van der Waals surface area contributed by atoms with E-state index in [-0.39, 0.29) is 10.5 Å². The van der Waals surface area contributed by atoms with Crippen molar-refractivity contribution in [3.8, 4) is 0 Å². The summed E-state index contributed by atoms with van der Waals surface area (Å²) >= 11 is 0. The van der Waals surface area contributed by atoms with E-state index in [1.807, 2.05) is 0 Å². The van der Waals surface area contributed by atoms with E-state index in [1.54, 1.807) is 18.2 Å². The summed E-state index contributed by atoms with van der Waals surface area (Å²) < 4.78 is 50.2. The Morgan fingerprint density at radius 2 is 1.70 bits per heavy atom. The maximum atomic E-state index is 12.8. The smallest absolute Gasteiger partial charge is 0.337 e. The highest BCUT2D eigenvalue weighted by Gasteiger charge is 2.45. The van der Waals surface area contributed by atoms with Gasteiger partial charge in [-0.2, -0.15) is 0 Å². The molecular formula is C15H12O6S2. The average molecular weight is 352 g/mol. The van der Waals surface area contributed by atoms with E-state index in [4.69, 9.17) is 0 Å². The van der Waals surface area contributed by atoms with Gasteiger partial charge in [0.05, 0.1) is 21.1 Å². The van der Waals surface area contributed by atoms with Crippen molar-refractivity contribution >= 4 is 25.6 Å². The van der Waals surface area contributed by atoms with Gasteiger partial charge in [0.15, 0.2) is 19.7 Å². The Bertz CT molecular complexity index is 992. The third kappa shape index (κ3) is 2.43. The van der Waals surface area contributed by atoms with E-state index in [1.165, 1.54) is 24.3 Å². The lowest BCUT2D eigenvalue weighted by Gasteiger charge is -2.12. The lowest BCUT2D eigenvalue weighted by molar-refractivity contribution is 0.0692. The van der Waals surface area contributed by atoms with Crippen molar-refractivity contribution in [3.63, 3.8) is 0 Å². The Morgan fingerprint density at radius 1 is 1.04 bits per heavy atom. The Morgan fingerprint density at radius 3 is 2.30 bits per heavy atom. The Balaban J connectivity index is 2.25. The summed E-state index contributed by atoms with van der Waals surface area (Å²) in [6.45, 7) is 0. The van der Waals surface area contributed by atoms with E-state index in [9.17, 15) is 26.7 Å². The number of benzene rings is 2. The van der Waals surface area contributed by atoms with Crippen LogP contribution in [0.3, 0.4) is 0 Å². The predicted molar refractivity (Wildman–Crippen MR) is 81.8 cm³/mol. The second-order valence-electron chi connectivity index (χ2n) is 5.16. The summed E-state index contributed by atoms with van der Waals surface area (Å²) in [6, 6.07) is 11.4. The van der Waals surface area contributed by atoms with Crippen molar-refractivity contribution in [3.05, 3.63) is 59.7 Å². The second-order valence-corrected chi connectivity index (χ2v) is 9.26. The standard InChI is InChI=1S/C15H12O6S2/c16-15(17)12-8-4-7-11-13(9-22(18,19)14(11)12)23(20,21)10-5-2-1-3-6-10/h1-8,13H,9H2,(H,16,17). The van der Waals surface area contributed by atoms with Crippen LogP contribution in [0.25, 0.3) is 0 Å². The number of carbonyl (C=O) groups is 1. The molecule has 1 heterocycles. The molecule has 0 fully saturated rings. The van der Waals surface area contributed by atoms with Gasteiger partial charge in [0.1, 0.15) is 5.25 Å². The maximum Gasteiger partial charge on any atom is 0.337 e. The number of hydrogen-bond donors (Lipinski definition) is 1. The molecule has 0 saturated carbocycles. The molecule has 0 saturated heterocycles. The van der Waals surface area contributed by atoms with Crippen LogP contribution in [0.2, 0.25) is 0 Å². The molecule has 6 nitrogen and oxygen atoms in total. The zero-order valence-electron chi connectivity index (χ0n) is 11.7. The molecule has 0 aromatic heterocycles. The normalized spacial score (nSPS) is 19.2. The summed E-state index contributed by atoms with van der Waals surface area (Å²) in [7, 11) is -7.92. The largest absolute Gasteiger partial charge is 0.478 e. The van der Waals surface area contributed by atoms with Gasteiger partial charge in [-0.25, -0.2) is 21.6 Å². The van der Waals surface area contributed by atoms with Crippen molar-refractivity contribution < 1.29 is 26.7 Å². The van der Waals surface area contributed by atoms with Crippen LogP contribution in [-0.4, -0.2) is 33.7 Å². The molecule has 1 N–H and O–H groups in total. The fraction of sp³-hybridized carbons (Fsp3) is 0.133. The number of carboxylic acids is 1. The monoisotopic (exact) mass is 352 g/mol. The Kier molecular flexibility index (Phi) is 3.53. The lowest BCUT2D eigenvalue weighted by Crippen LogP contribution is -2.15. The Labute approximate surface area is 133 Å². The lowest BCUT2D eigenvalue weighted by atomic mass is 10.1. The van der Waals surface area contributed by atoms with E-state index in [0.29, 0.717) is 0 Å². The molecule has 2 aromatic carbocycles. The number of fused-ring (bicyclic) bond motifs is 1. The van der Waals surface area contributed by atoms with Crippen LogP contribution < -0.4 is 0 Å². The topological polar surface area (TPSA) is 106 Å². The van der Waals surface area contributed by atoms with Crippen LogP contribution in [0.4, 0.5) is 0 Å². The van der Waals surface area contributed by atoms with Gasteiger partial charge < -0.3 is 5.11 Å². The summed E-state index contributed by atoms with van der Waals surface area (Å²) in [5, 5.41) is 7.87. The molecule has 23 heavy (non-hydrogen) atoms. The van der Waals surface area contributed by atoms with E-state index < -0.39 is 47.1 Å². The zero-order chi connectivity index (χ0) is 16.8. The first-order valence-electron chi connectivity index (χ1n) is 6.63. The molecule has 0 amide bonds. The molecule has 1 aliphatic rings. The quantitative estimate of drug-likeness (QED) is 0.901. The third-order valence-corrected chi connectivity index (χ3v) is 7.91. The SMILES string of the molecule is O=C(O)c1cccc2c1S(=O)(=O)CC2S(=O)(=O)c1ccccc1. The van der Waals surface area contributed by atoms with Gasteiger partial charge in [-0.3, -0.25) is 0 Å². The minimum Gasteiger partial charge on any atom is -0.478 e. The van der Waals surface area contributed by atoms with Gasteiger partial charge in [-0.15, -0.1) is 0 Å². The number of rotatable bonds is 3. The van der Waals surface area contributed by atoms with Crippen molar-refractivity contribution in [1.29, 1.82) is 0 Å². The first kappa shape index (κ1) is 15.7. The number of carboxylic acid groups (broad SMARTS) is 1. The van der Waals surface area contributed by atoms with Crippen LogP contribution in [0.5, 0.6) is 0 Å². The molecule has 1 unspecified atom stereocenters. The van der Waals surface area contributed by atoms with Crippen molar-refractivity contribution in [2.75, 3.05) is 5.75 Å². The van der Waals surface area contributed by atoms with Crippen LogP contribution >= 0.6 is 0 Å². The minimum absolute atomic E-state index is 0.00813. The first-order valence-corrected chi connectivity index (χ1v) is 9.83. The summed E-state index contributed by atoms with van der Waals surface area (Å²) in [5.41, 5.74) is -0.373. The molecular weight excluding hydrogens is 340 g/mol. The summed E-state index contributed by atoms with van der Waals surface area (Å²) in [4.78, 5) is 10.9. The molecule has 0 radical (unpaired) electrons. The number of hydrogen-bond acceptors (Lipinski definition) is 5. The van der Waals surface area contributed by atoms with Crippen LogP contribution in [0.15, 0.2) is 58.3 Å². The maximum absolute atomic E-state index is 12.8. The van der Waals surface area contributed by atoms with Gasteiger partial charge >= 0.3 is 5.97 Å². The zero-order valence-corrected chi connectivity index (χ0v) is 13.3. The van der Waals surface area contributed by atoms with Crippen LogP contribution in [-0.2, 0) is 19.7 Å². The highest BCUT2D eigenvalue weighted by Crippen LogP contribution is 2.42. The van der Waals surface area contributed by atoms with Crippen molar-refractivity contribution in [1.82, 2.24) is 0 Å². The van der Waals surface area contributed by atoms with Gasteiger partial charge in [0.25, 0.3) is 0 Å². The van der Waals surface area contributed by atoms with Crippen LogP contribution in [0, 0.1) is 0 Å². The molecule has 8 heteroatoms. The molecule has 0 bridgehead atoms. The van der Waals surface area contributed by atoms with Crippen molar-refractivity contribution in [2.24, 2.45) is 0 Å². The first-order chi connectivity index (χ1) is 10.7. The minimum atomic E-state index is -3.98. The summed E-state index contributed by atoms with van der Waals surface area (Å²) in [6.07, 6.45) is 0. The molecule has 3 rings (SSSR count). The number of aromatic carboxylic acids is 1. The molecule has 0 aliphatic carbocycles. The highest BCUT2D eigenvalue weighted by molar-refractivity contribution is 7.96. The molecule has 1 aliphatic heterocycles. The van der Waals surface area contributed by atoms with Gasteiger partial charge in [0, 0.05) is 0 Å². The van der Waals surface area contributed by atoms with Crippen LogP contribution in [0.1, 0.15) is 21.2 Å². The van der Waals surface area contributed by atoms with E-state index in [0.717, 1.165) is 6.07 Å². The summed E-state index contributed by atoms with van der Waals surface area (Å²) in [5.74, 6) is -2.05. The fourth-order valence-electron chi connectivity index (χ4n) is 2.73. The van der Waals surface area contributed by atoms with E-state index >= 15 is 0 Å². The number of sulfone groups is 2. The second kappa shape index (κ2) is 5.17. The fourth-order valence-corrected chi connectivity index (χ4v) is 7.26. The highest BCUT2D eigenvalue weighted by atomic mass is 32.2. The Hall–Kier alpha value is -2.19. The molecule has 120 valence electrons. The molecule has 2 aromatic rings. The molecule has 0 spiro atoms. The predicted octanol–water partition coefficient (Wildman–Crippen LogP) is 1.69. The average Bonchev–Trinajstić information content (AvgIpc) is 2.80. The van der Waals surface area contributed by atoms with E-state index in [2.05, 4.69) is 0 Å². The van der Waals surface area contributed by atoms with Gasteiger partial charge in [-0.05, 0) is 23.8 Å². The van der Waals surface area contributed by atoms with Gasteiger partial charge in [0.2, 0.25) is 0 Å². The van der Waals surface area contributed by atoms with Gasteiger partial charge in [-0.1, -0.05) is 30.3 Å². The third-order valence-electron chi connectivity index (χ3n) is 3.75.